The largest absolute Gasteiger partial charge is 0.317 e. The van der Waals surface area contributed by atoms with Gasteiger partial charge in [-0.15, -0.1) is 0 Å². The van der Waals surface area contributed by atoms with Crippen molar-refractivity contribution < 1.29 is 4.39 Å². The highest BCUT2D eigenvalue weighted by atomic mass is 35.5. The lowest BCUT2D eigenvalue weighted by atomic mass is 9.97. The third-order valence-corrected chi connectivity index (χ3v) is 4.13. The fraction of sp³-hybridized carbons (Fsp3) is 0.600. The summed E-state index contributed by atoms with van der Waals surface area (Å²) in [6.45, 7) is 7.12. The van der Waals surface area contributed by atoms with E-state index < -0.39 is 0 Å². The van der Waals surface area contributed by atoms with Crippen molar-refractivity contribution in [1.29, 1.82) is 0 Å². The van der Waals surface area contributed by atoms with E-state index in [1.807, 2.05) is 6.07 Å². The number of nitrogens with zero attached hydrogens (tertiary/aromatic N) is 1. The van der Waals surface area contributed by atoms with E-state index in [9.17, 15) is 4.39 Å². The predicted molar refractivity (Wildman–Crippen MR) is 78.0 cm³/mol. The molecule has 1 unspecified atom stereocenters. The van der Waals surface area contributed by atoms with Gasteiger partial charge in [-0.3, -0.25) is 4.90 Å². The van der Waals surface area contributed by atoms with Gasteiger partial charge in [0.05, 0.1) is 5.02 Å². The van der Waals surface area contributed by atoms with Crippen molar-refractivity contribution in [1.82, 2.24) is 10.2 Å². The van der Waals surface area contributed by atoms with Gasteiger partial charge in [0.25, 0.3) is 0 Å². The molecule has 0 aliphatic carbocycles. The minimum absolute atomic E-state index is 0.274. The predicted octanol–water partition coefficient (Wildman–Crippen LogP) is 3.30. The first kappa shape index (κ1) is 14.8. The monoisotopic (exact) mass is 284 g/mol. The maximum atomic E-state index is 13.4. The smallest absolute Gasteiger partial charge is 0.142 e. The van der Waals surface area contributed by atoms with Gasteiger partial charge in [0, 0.05) is 13.1 Å². The van der Waals surface area contributed by atoms with Crippen LogP contribution in [0.1, 0.15) is 25.3 Å². The average Bonchev–Trinajstić information content (AvgIpc) is 2.42. The molecule has 1 N–H and O–H groups in total. The summed E-state index contributed by atoms with van der Waals surface area (Å²) >= 11 is 6.02. The number of nitrogens with one attached hydrogen (secondary N) is 1. The van der Waals surface area contributed by atoms with Gasteiger partial charge in [0.15, 0.2) is 0 Å². The molecule has 0 amide bonds. The fourth-order valence-corrected chi connectivity index (χ4v) is 2.91. The van der Waals surface area contributed by atoms with Gasteiger partial charge in [-0.2, -0.15) is 0 Å². The summed E-state index contributed by atoms with van der Waals surface area (Å²) in [6.07, 6.45) is 2.49. The Balaban J connectivity index is 1.93. The highest BCUT2D eigenvalue weighted by Crippen LogP contribution is 2.24. The van der Waals surface area contributed by atoms with Gasteiger partial charge in [0.2, 0.25) is 0 Å². The Morgan fingerprint density at radius 2 is 2.32 bits per heavy atom. The number of hydrogen-bond acceptors (Lipinski definition) is 2. The molecule has 0 bridgehead atoms. The lowest BCUT2D eigenvalue weighted by Gasteiger charge is -2.33. The van der Waals surface area contributed by atoms with E-state index in [-0.39, 0.29) is 10.8 Å². The van der Waals surface area contributed by atoms with Gasteiger partial charge in [0.1, 0.15) is 5.82 Å². The maximum absolute atomic E-state index is 13.4. The Labute approximate surface area is 119 Å². The molecule has 0 radical (unpaired) electrons. The summed E-state index contributed by atoms with van der Waals surface area (Å²) in [5.74, 6) is 0.376. The lowest BCUT2D eigenvalue weighted by molar-refractivity contribution is 0.165. The summed E-state index contributed by atoms with van der Waals surface area (Å²) in [5, 5.41) is 3.68. The molecule has 1 saturated heterocycles. The van der Waals surface area contributed by atoms with Crippen molar-refractivity contribution in [3.63, 3.8) is 0 Å². The van der Waals surface area contributed by atoms with Gasteiger partial charge >= 0.3 is 0 Å². The number of benzene rings is 1. The van der Waals surface area contributed by atoms with E-state index >= 15 is 0 Å². The van der Waals surface area contributed by atoms with Crippen LogP contribution in [-0.2, 0) is 6.54 Å². The standard InChI is InChI=1S/C15H22ClFN2/c1-2-18-9-12-5-4-8-19(10-12)11-13-6-3-7-14(17)15(13)16/h3,6-7,12,18H,2,4-5,8-11H2,1H3. The zero-order chi connectivity index (χ0) is 13.7. The Bertz CT molecular complexity index is 411. The van der Waals surface area contributed by atoms with E-state index in [1.54, 1.807) is 6.07 Å². The number of likely N-dealkylation sites (tertiary alicyclic amines) is 1. The van der Waals surface area contributed by atoms with E-state index in [0.29, 0.717) is 5.92 Å². The van der Waals surface area contributed by atoms with E-state index in [2.05, 4.69) is 17.1 Å². The van der Waals surface area contributed by atoms with Crippen LogP contribution in [0.4, 0.5) is 4.39 Å². The van der Waals surface area contributed by atoms with Crippen LogP contribution in [-0.4, -0.2) is 31.1 Å². The first-order valence-corrected chi connectivity index (χ1v) is 7.44. The summed E-state index contributed by atoms with van der Waals surface area (Å²) in [5.41, 5.74) is 0.894. The second-order valence-electron chi connectivity index (χ2n) is 5.26. The minimum Gasteiger partial charge on any atom is -0.317 e. The van der Waals surface area contributed by atoms with E-state index in [4.69, 9.17) is 11.6 Å². The summed E-state index contributed by atoms with van der Waals surface area (Å²) in [6, 6.07) is 5.06. The van der Waals surface area contributed by atoms with Gasteiger partial charge in [-0.05, 0) is 50.0 Å². The molecule has 2 nitrogen and oxygen atoms in total. The van der Waals surface area contributed by atoms with Gasteiger partial charge in [-0.25, -0.2) is 4.39 Å². The first-order chi connectivity index (χ1) is 9.20. The van der Waals surface area contributed by atoms with Crippen molar-refractivity contribution in [3.05, 3.63) is 34.6 Å². The summed E-state index contributed by atoms with van der Waals surface area (Å²) in [7, 11) is 0. The van der Waals surface area contributed by atoms with Crippen molar-refractivity contribution in [2.24, 2.45) is 5.92 Å². The van der Waals surface area contributed by atoms with Gasteiger partial charge in [-0.1, -0.05) is 30.7 Å². The normalized spacial score (nSPS) is 20.7. The average molecular weight is 285 g/mol. The number of halogens is 2. The molecule has 1 aromatic carbocycles. The number of rotatable bonds is 5. The molecule has 2 rings (SSSR count). The molecule has 4 heteroatoms. The highest BCUT2D eigenvalue weighted by Gasteiger charge is 2.20. The molecule has 1 aromatic rings. The van der Waals surface area contributed by atoms with Crippen molar-refractivity contribution in [2.75, 3.05) is 26.2 Å². The molecular weight excluding hydrogens is 263 g/mol. The van der Waals surface area contributed by atoms with Gasteiger partial charge < -0.3 is 5.32 Å². The Kier molecular flexibility index (Phi) is 5.61. The van der Waals surface area contributed by atoms with Crippen molar-refractivity contribution in [3.8, 4) is 0 Å². The topological polar surface area (TPSA) is 15.3 Å². The maximum Gasteiger partial charge on any atom is 0.142 e. The number of piperidine rings is 1. The second kappa shape index (κ2) is 7.22. The molecule has 0 spiro atoms. The van der Waals surface area contributed by atoms with Crippen molar-refractivity contribution >= 4 is 11.6 Å². The minimum atomic E-state index is -0.319. The molecule has 1 aliphatic heterocycles. The quantitative estimate of drug-likeness (QED) is 0.892. The Morgan fingerprint density at radius 3 is 3.11 bits per heavy atom. The Hall–Kier alpha value is -0.640. The van der Waals surface area contributed by atoms with Crippen LogP contribution in [0.25, 0.3) is 0 Å². The molecule has 1 heterocycles. The molecule has 0 saturated carbocycles. The molecule has 1 fully saturated rings. The third kappa shape index (κ3) is 4.16. The zero-order valence-corrected chi connectivity index (χ0v) is 12.2. The summed E-state index contributed by atoms with van der Waals surface area (Å²) < 4.78 is 13.4. The SMILES string of the molecule is CCNCC1CCCN(Cc2cccc(F)c2Cl)C1. The first-order valence-electron chi connectivity index (χ1n) is 7.06. The van der Waals surface area contributed by atoms with Crippen LogP contribution in [0.3, 0.4) is 0 Å². The van der Waals surface area contributed by atoms with E-state index in [0.717, 1.165) is 38.3 Å². The van der Waals surface area contributed by atoms with Crippen LogP contribution >= 0.6 is 11.6 Å². The third-order valence-electron chi connectivity index (χ3n) is 3.71. The highest BCUT2D eigenvalue weighted by molar-refractivity contribution is 6.31. The molecule has 19 heavy (non-hydrogen) atoms. The summed E-state index contributed by atoms with van der Waals surface area (Å²) in [4.78, 5) is 2.38. The van der Waals surface area contributed by atoms with Crippen LogP contribution in [0.5, 0.6) is 0 Å². The van der Waals surface area contributed by atoms with Crippen LogP contribution in [0.15, 0.2) is 18.2 Å². The van der Waals surface area contributed by atoms with E-state index in [1.165, 1.54) is 18.9 Å². The van der Waals surface area contributed by atoms with Crippen LogP contribution < -0.4 is 5.32 Å². The zero-order valence-electron chi connectivity index (χ0n) is 11.5. The molecule has 1 atom stereocenters. The lowest BCUT2D eigenvalue weighted by Crippen LogP contribution is -2.39. The molecular formula is C15H22ClFN2. The van der Waals surface area contributed by atoms with Crippen LogP contribution in [0, 0.1) is 11.7 Å². The number of hydrogen-bond donors (Lipinski definition) is 1. The molecule has 106 valence electrons. The van der Waals surface area contributed by atoms with Crippen LogP contribution in [0.2, 0.25) is 5.02 Å². The Morgan fingerprint density at radius 1 is 1.47 bits per heavy atom. The molecule has 0 aromatic heterocycles. The second-order valence-corrected chi connectivity index (χ2v) is 5.64. The van der Waals surface area contributed by atoms with Crippen molar-refractivity contribution in [2.45, 2.75) is 26.3 Å². The molecule has 1 aliphatic rings. The fourth-order valence-electron chi connectivity index (χ4n) is 2.72.